The van der Waals surface area contributed by atoms with E-state index in [2.05, 4.69) is 13.0 Å². The fourth-order valence-corrected chi connectivity index (χ4v) is 3.56. The van der Waals surface area contributed by atoms with Crippen LogP contribution in [0, 0.1) is 22.7 Å². The Morgan fingerprint density at radius 1 is 1.45 bits per heavy atom. The van der Waals surface area contributed by atoms with Gasteiger partial charge in [-0.05, 0) is 43.4 Å². The molecule has 1 N–H and O–H groups in total. The van der Waals surface area contributed by atoms with E-state index in [-0.39, 0.29) is 0 Å². The highest BCUT2D eigenvalue weighted by Gasteiger charge is 2.49. The normalized spacial score (nSPS) is 29.4. The number of aliphatic hydroxyl groups is 1. The van der Waals surface area contributed by atoms with Crippen molar-refractivity contribution in [3.05, 3.63) is 34.9 Å². The van der Waals surface area contributed by atoms with Gasteiger partial charge in [0.2, 0.25) is 0 Å². The number of rotatable bonds is 3. The molecule has 3 unspecified atom stereocenters. The first kappa shape index (κ1) is 15.4. The highest BCUT2D eigenvalue weighted by Crippen LogP contribution is 2.47. The molecular formula is C17H22ClNO. The molecule has 3 heteroatoms. The maximum absolute atomic E-state index is 11.0. The van der Waals surface area contributed by atoms with Crippen molar-refractivity contribution in [3.63, 3.8) is 0 Å². The van der Waals surface area contributed by atoms with Gasteiger partial charge in [-0.2, -0.15) is 5.26 Å². The Hall–Kier alpha value is -1.04. The zero-order valence-corrected chi connectivity index (χ0v) is 13.0. The van der Waals surface area contributed by atoms with Crippen molar-refractivity contribution >= 4 is 11.6 Å². The molecule has 3 atom stereocenters. The molecule has 20 heavy (non-hydrogen) atoms. The molecule has 2 nitrogen and oxygen atoms in total. The topological polar surface area (TPSA) is 44.0 Å². The minimum absolute atomic E-state index is 0.491. The van der Waals surface area contributed by atoms with Crippen LogP contribution in [0.5, 0.6) is 0 Å². The number of halogens is 1. The third-order valence-corrected chi connectivity index (χ3v) is 4.96. The van der Waals surface area contributed by atoms with Gasteiger partial charge in [0, 0.05) is 11.4 Å². The molecule has 2 rings (SSSR count). The Morgan fingerprint density at radius 2 is 2.10 bits per heavy atom. The van der Waals surface area contributed by atoms with Crippen molar-refractivity contribution in [3.8, 4) is 6.07 Å². The lowest BCUT2D eigenvalue weighted by Gasteiger charge is -2.45. The Bertz CT molecular complexity index is 503. The Morgan fingerprint density at radius 3 is 2.65 bits per heavy atom. The van der Waals surface area contributed by atoms with Crippen molar-refractivity contribution in [2.45, 2.75) is 51.6 Å². The molecule has 1 fully saturated rings. The van der Waals surface area contributed by atoms with Crippen LogP contribution in [0.4, 0.5) is 0 Å². The number of hydrogen-bond donors (Lipinski definition) is 1. The number of hydrogen-bond acceptors (Lipinski definition) is 2. The van der Waals surface area contributed by atoms with Gasteiger partial charge in [-0.15, -0.1) is 0 Å². The van der Waals surface area contributed by atoms with Gasteiger partial charge in [-0.1, -0.05) is 43.5 Å². The van der Waals surface area contributed by atoms with Gasteiger partial charge in [-0.3, -0.25) is 0 Å². The molecule has 0 saturated heterocycles. The fourth-order valence-electron chi connectivity index (χ4n) is 3.43. The maximum Gasteiger partial charge on any atom is 0.0863 e. The van der Waals surface area contributed by atoms with E-state index < -0.39 is 11.0 Å². The van der Waals surface area contributed by atoms with Gasteiger partial charge in [0.1, 0.15) is 0 Å². The summed E-state index contributed by atoms with van der Waals surface area (Å²) in [5.41, 5.74) is -0.624. The van der Waals surface area contributed by atoms with Crippen LogP contribution in [0.25, 0.3) is 0 Å². The number of nitrogens with zero attached hydrogens (tertiary/aromatic N) is 1. The first-order chi connectivity index (χ1) is 9.38. The Kier molecular flexibility index (Phi) is 4.42. The zero-order chi connectivity index (χ0) is 14.8. The van der Waals surface area contributed by atoms with Crippen LogP contribution in [0.15, 0.2) is 24.3 Å². The average Bonchev–Trinajstić information content (AvgIpc) is 2.41. The maximum atomic E-state index is 11.0. The third-order valence-electron chi connectivity index (χ3n) is 4.70. The van der Waals surface area contributed by atoms with Gasteiger partial charge in [0.15, 0.2) is 0 Å². The molecule has 0 amide bonds. The molecular weight excluding hydrogens is 270 g/mol. The molecule has 108 valence electrons. The van der Waals surface area contributed by atoms with Crippen LogP contribution in [0.1, 0.15) is 45.1 Å². The zero-order valence-electron chi connectivity index (χ0n) is 12.2. The van der Waals surface area contributed by atoms with E-state index in [0.717, 1.165) is 31.2 Å². The summed E-state index contributed by atoms with van der Waals surface area (Å²) >= 11 is 5.89. The average molecular weight is 292 g/mol. The van der Waals surface area contributed by atoms with E-state index in [1.807, 2.05) is 31.2 Å². The highest BCUT2D eigenvalue weighted by atomic mass is 35.5. The summed E-state index contributed by atoms with van der Waals surface area (Å²) < 4.78 is 0. The minimum atomic E-state index is -1.01. The van der Waals surface area contributed by atoms with E-state index in [1.54, 1.807) is 0 Å². The van der Waals surface area contributed by atoms with E-state index in [4.69, 9.17) is 11.6 Å². The molecule has 1 aromatic rings. The van der Waals surface area contributed by atoms with Gasteiger partial charge < -0.3 is 5.11 Å². The smallest absolute Gasteiger partial charge is 0.0863 e. The van der Waals surface area contributed by atoms with E-state index >= 15 is 0 Å². The Balaban J connectivity index is 2.23. The van der Waals surface area contributed by atoms with Crippen molar-refractivity contribution in [2.75, 3.05) is 0 Å². The summed E-state index contributed by atoms with van der Waals surface area (Å²) in [5, 5.41) is 21.4. The minimum Gasteiger partial charge on any atom is -0.388 e. The van der Waals surface area contributed by atoms with Crippen LogP contribution in [0.2, 0.25) is 5.02 Å². The van der Waals surface area contributed by atoms with E-state index in [1.165, 1.54) is 0 Å². The number of nitriles is 1. The number of benzene rings is 1. The largest absolute Gasteiger partial charge is 0.388 e. The summed E-state index contributed by atoms with van der Waals surface area (Å²) in [6.07, 6.45) is 4.23. The van der Waals surface area contributed by atoms with E-state index in [0.29, 0.717) is 17.4 Å². The molecule has 0 aliphatic heterocycles. The first-order valence-electron chi connectivity index (χ1n) is 7.27. The fraction of sp³-hybridized carbons (Fsp3) is 0.588. The standard InChI is InChI=1S/C17H22ClNO/c1-13-4-3-9-17(10-13,12-19)16(2,20)11-14-5-7-15(18)8-6-14/h5-8,13,20H,3-4,9-11H2,1-2H3. The predicted molar refractivity (Wildman–Crippen MR) is 81.5 cm³/mol. The van der Waals surface area contributed by atoms with Gasteiger partial charge in [0.25, 0.3) is 0 Å². The quantitative estimate of drug-likeness (QED) is 0.899. The van der Waals surface area contributed by atoms with E-state index in [9.17, 15) is 10.4 Å². The highest BCUT2D eigenvalue weighted by molar-refractivity contribution is 6.30. The second-order valence-electron chi connectivity index (χ2n) is 6.47. The SMILES string of the molecule is CC1CCCC(C#N)(C(C)(O)Cc2ccc(Cl)cc2)C1. The molecule has 1 aromatic carbocycles. The van der Waals surface area contributed by atoms with Crippen molar-refractivity contribution in [1.29, 1.82) is 5.26 Å². The third kappa shape index (κ3) is 3.00. The summed E-state index contributed by atoms with van der Waals surface area (Å²) in [7, 11) is 0. The summed E-state index contributed by atoms with van der Waals surface area (Å²) in [4.78, 5) is 0. The van der Waals surface area contributed by atoms with Crippen LogP contribution >= 0.6 is 11.6 Å². The Labute approximate surface area is 126 Å². The monoisotopic (exact) mass is 291 g/mol. The van der Waals surface area contributed by atoms with Crippen LogP contribution in [0.3, 0.4) is 0 Å². The van der Waals surface area contributed by atoms with Crippen molar-refractivity contribution < 1.29 is 5.11 Å². The van der Waals surface area contributed by atoms with Crippen LogP contribution < -0.4 is 0 Å². The molecule has 1 aliphatic rings. The molecule has 0 spiro atoms. The second kappa shape index (κ2) is 5.76. The summed E-state index contributed by atoms with van der Waals surface area (Å²) in [5.74, 6) is 0.500. The summed E-state index contributed by atoms with van der Waals surface area (Å²) in [6, 6.07) is 9.95. The van der Waals surface area contributed by atoms with Crippen LogP contribution in [-0.4, -0.2) is 10.7 Å². The molecule has 0 heterocycles. The molecule has 1 saturated carbocycles. The molecule has 0 bridgehead atoms. The van der Waals surface area contributed by atoms with Gasteiger partial charge in [-0.25, -0.2) is 0 Å². The molecule has 0 aromatic heterocycles. The molecule has 1 aliphatic carbocycles. The van der Waals surface area contributed by atoms with Gasteiger partial charge in [0.05, 0.1) is 17.1 Å². The van der Waals surface area contributed by atoms with Crippen LogP contribution in [-0.2, 0) is 6.42 Å². The summed E-state index contributed by atoms with van der Waals surface area (Å²) in [6.45, 7) is 3.98. The second-order valence-corrected chi connectivity index (χ2v) is 6.91. The van der Waals surface area contributed by atoms with Crippen molar-refractivity contribution in [1.82, 2.24) is 0 Å². The predicted octanol–water partition coefficient (Wildman–Crippen LogP) is 4.35. The van der Waals surface area contributed by atoms with Gasteiger partial charge >= 0.3 is 0 Å². The lowest BCUT2D eigenvalue weighted by Crippen LogP contribution is -2.49. The lowest BCUT2D eigenvalue weighted by atomic mass is 9.61. The van der Waals surface area contributed by atoms with Crippen molar-refractivity contribution in [2.24, 2.45) is 11.3 Å². The lowest BCUT2D eigenvalue weighted by molar-refractivity contribution is -0.0655. The first-order valence-corrected chi connectivity index (χ1v) is 7.64. The molecule has 0 radical (unpaired) electrons.